The first kappa shape index (κ1) is 15.4. The van der Waals surface area contributed by atoms with Gasteiger partial charge in [-0.3, -0.25) is 0 Å². The Labute approximate surface area is 151 Å². The molecule has 0 radical (unpaired) electrons. The van der Waals surface area contributed by atoms with Gasteiger partial charge in [-0.2, -0.15) is 0 Å². The molecule has 4 aromatic rings. The van der Waals surface area contributed by atoms with Crippen molar-refractivity contribution in [2.75, 3.05) is 0 Å². The number of benzene rings is 2. The van der Waals surface area contributed by atoms with Crippen molar-refractivity contribution in [1.29, 1.82) is 0 Å². The molecule has 118 valence electrons. The lowest BCUT2D eigenvalue weighted by atomic mass is 10.0. The molecular formula is C22H18S2. The minimum Gasteiger partial charge on any atom is -0.140 e. The van der Waals surface area contributed by atoms with Gasteiger partial charge in [0, 0.05) is 19.5 Å². The van der Waals surface area contributed by atoms with E-state index in [-0.39, 0.29) is 0 Å². The number of rotatable bonds is 3. The van der Waals surface area contributed by atoms with Gasteiger partial charge in [-0.15, -0.1) is 22.7 Å². The summed E-state index contributed by atoms with van der Waals surface area (Å²) >= 11 is 3.76. The minimum atomic E-state index is 1.30. The molecule has 4 rings (SSSR count). The molecule has 0 bridgehead atoms. The van der Waals surface area contributed by atoms with Gasteiger partial charge in [0.25, 0.3) is 0 Å². The molecule has 0 aliphatic heterocycles. The van der Waals surface area contributed by atoms with Gasteiger partial charge in [0.15, 0.2) is 0 Å². The molecule has 24 heavy (non-hydrogen) atoms. The zero-order chi connectivity index (χ0) is 16.5. The van der Waals surface area contributed by atoms with Crippen molar-refractivity contribution < 1.29 is 0 Å². The molecule has 2 aromatic carbocycles. The van der Waals surface area contributed by atoms with E-state index in [1.165, 1.54) is 41.8 Å². The highest BCUT2D eigenvalue weighted by Crippen LogP contribution is 2.42. The molecular weight excluding hydrogens is 328 g/mol. The van der Waals surface area contributed by atoms with Crippen LogP contribution in [0.1, 0.15) is 9.75 Å². The van der Waals surface area contributed by atoms with Crippen LogP contribution in [0.5, 0.6) is 0 Å². The third-order valence-corrected chi connectivity index (χ3v) is 6.44. The van der Waals surface area contributed by atoms with E-state index in [2.05, 4.69) is 86.6 Å². The van der Waals surface area contributed by atoms with E-state index in [9.17, 15) is 0 Å². The molecule has 0 amide bonds. The molecule has 0 saturated heterocycles. The minimum absolute atomic E-state index is 1.30. The molecule has 0 aliphatic rings. The standard InChI is InChI=1S/C22H18S2/c1-15-19(13-21(23-15)17-9-5-3-6-10-17)20-14-22(24-16(20)2)18-11-7-4-8-12-18/h3-14H,1-2H3. The van der Waals surface area contributed by atoms with Crippen LogP contribution in [0.3, 0.4) is 0 Å². The topological polar surface area (TPSA) is 0 Å². The lowest BCUT2D eigenvalue weighted by molar-refractivity contribution is 1.56. The van der Waals surface area contributed by atoms with Gasteiger partial charge in [-0.1, -0.05) is 60.7 Å². The average Bonchev–Trinajstić information content (AvgIpc) is 3.19. The molecule has 0 aliphatic carbocycles. The van der Waals surface area contributed by atoms with E-state index >= 15 is 0 Å². The van der Waals surface area contributed by atoms with E-state index < -0.39 is 0 Å². The monoisotopic (exact) mass is 346 g/mol. The lowest BCUT2D eigenvalue weighted by Crippen LogP contribution is -1.75. The molecule has 0 spiro atoms. The van der Waals surface area contributed by atoms with Crippen LogP contribution >= 0.6 is 22.7 Å². The van der Waals surface area contributed by atoms with Crippen LogP contribution < -0.4 is 0 Å². The summed E-state index contributed by atoms with van der Waals surface area (Å²) in [6.45, 7) is 4.46. The first-order valence-corrected chi connectivity index (χ1v) is 9.68. The number of thiophene rings is 2. The highest BCUT2D eigenvalue weighted by Gasteiger charge is 2.14. The molecule has 0 saturated carbocycles. The fraction of sp³-hybridized carbons (Fsp3) is 0.0909. The Morgan fingerprint density at radius 2 is 0.917 bits per heavy atom. The van der Waals surface area contributed by atoms with Crippen molar-refractivity contribution in [2.24, 2.45) is 0 Å². The predicted octanol–water partition coefficient (Wildman–Crippen LogP) is 7.43. The Kier molecular flexibility index (Phi) is 4.09. The van der Waals surface area contributed by atoms with E-state index in [0.717, 1.165) is 0 Å². The molecule has 0 N–H and O–H groups in total. The van der Waals surface area contributed by atoms with Gasteiger partial charge in [0.1, 0.15) is 0 Å². The van der Waals surface area contributed by atoms with Crippen LogP contribution in [0, 0.1) is 13.8 Å². The van der Waals surface area contributed by atoms with Gasteiger partial charge < -0.3 is 0 Å². The van der Waals surface area contributed by atoms with Gasteiger partial charge in [0.05, 0.1) is 0 Å². The molecule has 0 atom stereocenters. The number of hydrogen-bond acceptors (Lipinski definition) is 2. The van der Waals surface area contributed by atoms with Gasteiger partial charge >= 0.3 is 0 Å². The summed E-state index contributed by atoms with van der Waals surface area (Å²) in [5, 5.41) is 0. The summed E-state index contributed by atoms with van der Waals surface area (Å²) in [5.74, 6) is 0. The molecule has 0 fully saturated rings. The Balaban J connectivity index is 1.78. The predicted molar refractivity (Wildman–Crippen MR) is 108 cm³/mol. The molecule has 0 nitrogen and oxygen atoms in total. The van der Waals surface area contributed by atoms with Crippen LogP contribution in [-0.4, -0.2) is 0 Å². The summed E-state index contributed by atoms with van der Waals surface area (Å²) in [6.07, 6.45) is 0. The van der Waals surface area contributed by atoms with Crippen molar-refractivity contribution in [3.05, 3.63) is 82.6 Å². The van der Waals surface area contributed by atoms with Crippen molar-refractivity contribution >= 4 is 22.7 Å². The summed E-state index contributed by atoms with van der Waals surface area (Å²) in [4.78, 5) is 5.45. The molecule has 2 aromatic heterocycles. The van der Waals surface area contributed by atoms with Gasteiger partial charge in [-0.25, -0.2) is 0 Å². The van der Waals surface area contributed by atoms with E-state index in [4.69, 9.17) is 0 Å². The molecule has 2 heteroatoms. The van der Waals surface area contributed by atoms with Crippen molar-refractivity contribution in [3.8, 4) is 32.0 Å². The third kappa shape index (κ3) is 2.83. The summed E-state index contributed by atoms with van der Waals surface area (Å²) in [6, 6.07) is 26.0. The average molecular weight is 347 g/mol. The Morgan fingerprint density at radius 3 is 1.29 bits per heavy atom. The zero-order valence-corrected chi connectivity index (χ0v) is 15.4. The second kappa shape index (κ2) is 6.39. The molecule has 0 unspecified atom stereocenters. The van der Waals surface area contributed by atoms with Crippen LogP contribution in [0.4, 0.5) is 0 Å². The molecule has 2 heterocycles. The third-order valence-electron chi connectivity index (χ3n) is 4.24. The summed E-state index contributed by atoms with van der Waals surface area (Å²) in [7, 11) is 0. The fourth-order valence-electron chi connectivity index (χ4n) is 2.99. The summed E-state index contributed by atoms with van der Waals surface area (Å²) in [5.41, 5.74) is 5.34. The maximum absolute atomic E-state index is 2.35. The van der Waals surface area contributed by atoms with E-state index in [1.54, 1.807) is 0 Å². The highest BCUT2D eigenvalue weighted by atomic mass is 32.1. The SMILES string of the molecule is Cc1sc(-c2ccccc2)cc1-c1cc(-c2ccccc2)sc1C. The second-order valence-corrected chi connectivity index (χ2v) is 8.41. The van der Waals surface area contributed by atoms with E-state index in [1.807, 2.05) is 22.7 Å². The smallest absolute Gasteiger partial charge is 0.0351 e. The maximum Gasteiger partial charge on any atom is 0.0351 e. The van der Waals surface area contributed by atoms with Gasteiger partial charge in [-0.05, 0) is 48.2 Å². The normalized spacial score (nSPS) is 10.9. The number of hydrogen-bond donors (Lipinski definition) is 0. The van der Waals surface area contributed by atoms with Crippen molar-refractivity contribution in [1.82, 2.24) is 0 Å². The quantitative estimate of drug-likeness (QED) is 0.362. The van der Waals surface area contributed by atoms with Crippen molar-refractivity contribution in [2.45, 2.75) is 13.8 Å². The Bertz CT molecular complexity index is 878. The van der Waals surface area contributed by atoms with Crippen LogP contribution in [0.15, 0.2) is 72.8 Å². The van der Waals surface area contributed by atoms with Crippen LogP contribution in [0.25, 0.3) is 32.0 Å². The first-order valence-electron chi connectivity index (χ1n) is 8.04. The van der Waals surface area contributed by atoms with E-state index in [0.29, 0.717) is 0 Å². The fourth-order valence-corrected chi connectivity index (χ4v) is 5.07. The summed E-state index contributed by atoms with van der Waals surface area (Å²) < 4.78 is 0. The van der Waals surface area contributed by atoms with Gasteiger partial charge in [0.2, 0.25) is 0 Å². The van der Waals surface area contributed by atoms with Crippen LogP contribution in [0.2, 0.25) is 0 Å². The van der Waals surface area contributed by atoms with Crippen molar-refractivity contribution in [3.63, 3.8) is 0 Å². The first-order chi connectivity index (χ1) is 11.7. The second-order valence-electron chi connectivity index (χ2n) is 5.89. The highest BCUT2D eigenvalue weighted by molar-refractivity contribution is 7.17. The maximum atomic E-state index is 2.35. The van der Waals surface area contributed by atoms with Crippen LogP contribution in [-0.2, 0) is 0 Å². The zero-order valence-electron chi connectivity index (χ0n) is 13.7. The largest absolute Gasteiger partial charge is 0.140 e. The Morgan fingerprint density at radius 1 is 0.542 bits per heavy atom. The number of aryl methyl sites for hydroxylation is 2. The lowest BCUT2D eigenvalue weighted by Gasteiger charge is -1.98. The Hall–Kier alpha value is -2.16.